The molecule has 2 fully saturated rings. The predicted molar refractivity (Wildman–Crippen MR) is 94.3 cm³/mol. The van der Waals surface area contributed by atoms with Crippen LogP contribution in [0.2, 0.25) is 0 Å². The van der Waals surface area contributed by atoms with Crippen LogP contribution in [0.4, 0.5) is 0 Å². The van der Waals surface area contributed by atoms with E-state index in [1.54, 1.807) is 0 Å². The fourth-order valence-corrected chi connectivity index (χ4v) is 6.13. The number of sulfone groups is 1. The van der Waals surface area contributed by atoms with Gasteiger partial charge in [0.1, 0.15) is 0 Å². The van der Waals surface area contributed by atoms with Gasteiger partial charge in [-0.2, -0.15) is 0 Å². The summed E-state index contributed by atoms with van der Waals surface area (Å²) in [5, 5.41) is 2.63. The first kappa shape index (κ1) is 15.2. The zero-order valence-electron chi connectivity index (χ0n) is 13.3. The van der Waals surface area contributed by atoms with Gasteiger partial charge in [-0.3, -0.25) is 4.90 Å². The van der Waals surface area contributed by atoms with Gasteiger partial charge in [-0.05, 0) is 48.1 Å². The van der Waals surface area contributed by atoms with Gasteiger partial charge in [-0.25, -0.2) is 8.42 Å². The monoisotopic (exact) mass is 329 g/mol. The van der Waals surface area contributed by atoms with Crippen LogP contribution in [0.25, 0.3) is 10.8 Å². The normalized spacial score (nSPS) is 27.7. The highest BCUT2D eigenvalue weighted by atomic mass is 32.2. The molecule has 0 N–H and O–H groups in total. The Morgan fingerprint density at radius 3 is 2.70 bits per heavy atom. The number of fused-ring (bicyclic) bond motifs is 1. The quantitative estimate of drug-likeness (QED) is 0.866. The molecule has 2 aromatic carbocycles. The third kappa shape index (κ3) is 3.02. The molecule has 2 aromatic rings. The van der Waals surface area contributed by atoms with Crippen LogP contribution in [0.15, 0.2) is 42.5 Å². The molecule has 0 aromatic heterocycles. The van der Waals surface area contributed by atoms with Crippen molar-refractivity contribution in [1.29, 1.82) is 0 Å². The van der Waals surface area contributed by atoms with E-state index in [2.05, 4.69) is 47.4 Å². The average molecular weight is 329 g/mol. The van der Waals surface area contributed by atoms with Crippen LogP contribution >= 0.6 is 0 Å². The Labute approximate surface area is 138 Å². The molecule has 0 radical (unpaired) electrons. The minimum atomic E-state index is -2.78. The van der Waals surface area contributed by atoms with Crippen molar-refractivity contribution in [3.63, 3.8) is 0 Å². The third-order valence-electron chi connectivity index (χ3n) is 5.37. The van der Waals surface area contributed by atoms with Crippen LogP contribution in [0.5, 0.6) is 0 Å². The van der Waals surface area contributed by atoms with Crippen molar-refractivity contribution in [2.45, 2.75) is 25.3 Å². The summed E-state index contributed by atoms with van der Waals surface area (Å²) in [6.45, 7) is 2.01. The highest BCUT2D eigenvalue weighted by Gasteiger charge is 2.33. The minimum absolute atomic E-state index is 0.315. The summed E-state index contributed by atoms with van der Waals surface area (Å²) < 4.78 is 23.4. The predicted octanol–water partition coefficient (Wildman–Crippen LogP) is 3.41. The topological polar surface area (TPSA) is 37.4 Å². The van der Waals surface area contributed by atoms with E-state index in [9.17, 15) is 8.42 Å². The van der Waals surface area contributed by atoms with E-state index in [4.69, 9.17) is 0 Å². The van der Waals surface area contributed by atoms with Crippen molar-refractivity contribution in [3.8, 4) is 0 Å². The Kier molecular flexibility index (Phi) is 3.90. The summed E-state index contributed by atoms with van der Waals surface area (Å²) in [5.41, 5.74) is 1.40. The Bertz CT molecular complexity index is 810. The largest absolute Gasteiger partial charge is 0.296 e. The summed E-state index contributed by atoms with van der Waals surface area (Å²) in [6.07, 6.45) is 3.21. The Balaban J connectivity index is 1.60. The van der Waals surface area contributed by atoms with Gasteiger partial charge in [0.2, 0.25) is 0 Å². The molecule has 4 rings (SSSR count). The van der Waals surface area contributed by atoms with Crippen LogP contribution in [0, 0.1) is 5.92 Å². The maximum atomic E-state index is 11.7. The van der Waals surface area contributed by atoms with Gasteiger partial charge in [-0.15, -0.1) is 0 Å². The first-order valence-electron chi connectivity index (χ1n) is 8.54. The molecule has 2 aliphatic heterocycles. The maximum Gasteiger partial charge on any atom is 0.150 e. The van der Waals surface area contributed by atoms with E-state index in [0.717, 1.165) is 19.5 Å². The molecule has 0 bridgehead atoms. The molecule has 122 valence electrons. The van der Waals surface area contributed by atoms with E-state index in [1.165, 1.54) is 29.2 Å². The molecular formula is C19H23NO2S. The zero-order valence-corrected chi connectivity index (χ0v) is 14.1. The molecule has 23 heavy (non-hydrogen) atoms. The van der Waals surface area contributed by atoms with E-state index in [0.29, 0.717) is 23.5 Å². The molecule has 4 heteroatoms. The van der Waals surface area contributed by atoms with Gasteiger partial charge in [0.15, 0.2) is 9.84 Å². The molecule has 0 amide bonds. The first-order chi connectivity index (χ1) is 11.1. The number of likely N-dealkylation sites (tertiary alicyclic amines) is 1. The summed E-state index contributed by atoms with van der Waals surface area (Å²) in [4.78, 5) is 2.52. The second-order valence-electron chi connectivity index (χ2n) is 6.99. The summed E-state index contributed by atoms with van der Waals surface area (Å²) in [5.74, 6) is 1.08. The van der Waals surface area contributed by atoms with Gasteiger partial charge in [0.05, 0.1) is 11.5 Å². The summed E-state index contributed by atoms with van der Waals surface area (Å²) in [6, 6.07) is 15.6. The van der Waals surface area contributed by atoms with Crippen molar-refractivity contribution >= 4 is 20.6 Å². The summed E-state index contributed by atoms with van der Waals surface area (Å²) >= 11 is 0. The molecule has 2 heterocycles. The van der Waals surface area contributed by atoms with E-state index >= 15 is 0 Å². The molecule has 0 saturated carbocycles. The number of nitrogens with zero attached hydrogens (tertiary/aromatic N) is 1. The molecule has 3 nitrogen and oxygen atoms in total. The first-order valence-corrected chi connectivity index (χ1v) is 10.4. The van der Waals surface area contributed by atoms with Gasteiger partial charge in [-0.1, -0.05) is 42.5 Å². The molecular weight excluding hydrogens is 306 g/mol. The molecule has 0 aliphatic carbocycles. The van der Waals surface area contributed by atoms with E-state index in [-0.39, 0.29) is 0 Å². The van der Waals surface area contributed by atoms with Gasteiger partial charge >= 0.3 is 0 Å². The standard InChI is InChI=1S/C19H23NO2S/c21-23(22)12-10-15(14-23)13-20-11-4-9-19(20)18-8-3-6-16-5-1-2-7-17(16)18/h1-3,5-8,15,19H,4,9-14H2/t15-,19+/m1/s1. The zero-order chi connectivity index (χ0) is 15.9. The lowest BCUT2D eigenvalue weighted by Crippen LogP contribution is -2.30. The molecule has 0 spiro atoms. The highest BCUT2D eigenvalue weighted by molar-refractivity contribution is 7.91. The van der Waals surface area contributed by atoms with Crippen LogP contribution in [0.3, 0.4) is 0 Å². The van der Waals surface area contributed by atoms with Crippen LogP contribution in [-0.4, -0.2) is 37.9 Å². The Morgan fingerprint density at radius 2 is 1.87 bits per heavy atom. The Hall–Kier alpha value is -1.39. The van der Waals surface area contributed by atoms with Crippen molar-refractivity contribution in [3.05, 3.63) is 48.0 Å². The average Bonchev–Trinajstić information content (AvgIpc) is 3.13. The fourth-order valence-electron chi connectivity index (χ4n) is 4.29. The molecule has 2 aliphatic rings. The lowest BCUT2D eigenvalue weighted by molar-refractivity contribution is 0.225. The number of hydrogen-bond acceptors (Lipinski definition) is 3. The van der Waals surface area contributed by atoms with Crippen LogP contribution in [-0.2, 0) is 9.84 Å². The lowest BCUT2D eigenvalue weighted by Gasteiger charge is -2.28. The second kappa shape index (κ2) is 5.91. The lowest BCUT2D eigenvalue weighted by atomic mass is 9.96. The Morgan fingerprint density at radius 1 is 1.04 bits per heavy atom. The van der Waals surface area contributed by atoms with Crippen molar-refractivity contribution in [2.24, 2.45) is 5.92 Å². The molecule has 2 saturated heterocycles. The van der Waals surface area contributed by atoms with Crippen molar-refractivity contribution < 1.29 is 8.42 Å². The minimum Gasteiger partial charge on any atom is -0.296 e. The number of benzene rings is 2. The summed E-state index contributed by atoms with van der Waals surface area (Å²) in [7, 11) is -2.78. The van der Waals surface area contributed by atoms with E-state index < -0.39 is 9.84 Å². The van der Waals surface area contributed by atoms with Crippen LogP contribution in [0.1, 0.15) is 30.9 Å². The smallest absolute Gasteiger partial charge is 0.150 e. The van der Waals surface area contributed by atoms with E-state index in [1.807, 2.05) is 0 Å². The van der Waals surface area contributed by atoms with Crippen molar-refractivity contribution in [2.75, 3.05) is 24.6 Å². The number of rotatable bonds is 3. The highest BCUT2D eigenvalue weighted by Crippen LogP contribution is 2.37. The van der Waals surface area contributed by atoms with Crippen molar-refractivity contribution in [1.82, 2.24) is 4.90 Å². The molecule has 2 atom stereocenters. The second-order valence-corrected chi connectivity index (χ2v) is 9.22. The number of hydrogen-bond donors (Lipinski definition) is 0. The fraction of sp³-hybridized carbons (Fsp3) is 0.474. The molecule has 0 unspecified atom stereocenters. The van der Waals surface area contributed by atoms with Gasteiger partial charge in [0.25, 0.3) is 0 Å². The maximum absolute atomic E-state index is 11.7. The van der Waals surface area contributed by atoms with Crippen LogP contribution < -0.4 is 0 Å². The SMILES string of the molecule is O=S1(=O)CC[C@H](CN2CCC[C@H]2c2cccc3ccccc23)C1. The van der Waals surface area contributed by atoms with Gasteiger partial charge < -0.3 is 0 Å². The third-order valence-corrected chi connectivity index (χ3v) is 7.20. The van der Waals surface area contributed by atoms with Gasteiger partial charge in [0, 0.05) is 12.6 Å².